The number of aromatic nitrogens is 4. The number of rotatable bonds is 4. The van der Waals surface area contributed by atoms with E-state index in [1.807, 2.05) is 62.6 Å². The molecule has 0 spiro atoms. The van der Waals surface area contributed by atoms with Gasteiger partial charge in [0, 0.05) is 54.5 Å². The van der Waals surface area contributed by atoms with E-state index >= 15 is 0 Å². The standard InChI is InChI=1S/C36H28N3O.C13H12N.Ir/c1-20-8-6-9-21(2)33(20)31-17-15-27-30(39-31)16-12-22(3)34(27)29-18-32(37-19-23(29)4)28-11-7-10-25-26-14-13-24(5)38-36(26)40-35(25)28;1-10-3-6-12(7-4-10)13-8-5-11(2)9-14-13;/h6-10,12-19H,1-5H3;3-6,8-9H,1-2H3;/q2*-1;. The first-order chi connectivity index (χ1) is 26.1. The summed E-state index contributed by atoms with van der Waals surface area (Å²) in [5.41, 5.74) is 18.7. The first-order valence-corrected chi connectivity index (χ1v) is 18.2. The summed E-state index contributed by atoms with van der Waals surface area (Å²) in [7, 11) is 0. The van der Waals surface area contributed by atoms with Gasteiger partial charge in [0.1, 0.15) is 0 Å². The zero-order valence-corrected chi connectivity index (χ0v) is 34.4. The van der Waals surface area contributed by atoms with Crippen molar-refractivity contribution in [1.82, 2.24) is 19.9 Å². The van der Waals surface area contributed by atoms with E-state index in [1.54, 1.807) is 0 Å². The molecule has 5 heterocycles. The van der Waals surface area contributed by atoms with E-state index in [-0.39, 0.29) is 20.1 Å². The number of aryl methyl sites for hydroxylation is 7. The monoisotopic (exact) mass is 893 g/mol. The van der Waals surface area contributed by atoms with Crippen LogP contribution in [0.3, 0.4) is 0 Å². The van der Waals surface area contributed by atoms with E-state index in [4.69, 9.17) is 14.4 Å². The Morgan fingerprint density at radius 3 is 2.02 bits per heavy atom. The largest absolute Gasteiger partial charge is 0.486 e. The Hall–Kier alpha value is -5.81. The molecule has 0 saturated carbocycles. The molecule has 0 aliphatic carbocycles. The zero-order valence-electron chi connectivity index (χ0n) is 32.0. The Morgan fingerprint density at radius 2 is 1.27 bits per heavy atom. The van der Waals surface area contributed by atoms with Gasteiger partial charge in [-0.3, -0.25) is 0 Å². The van der Waals surface area contributed by atoms with Crippen molar-refractivity contribution >= 4 is 33.0 Å². The van der Waals surface area contributed by atoms with Crippen LogP contribution in [0.4, 0.5) is 0 Å². The first-order valence-electron chi connectivity index (χ1n) is 18.2. The van der Waals surface area contributed by atoms with E-state index < -0.39 is 0 Å². The van der Waals surface area contributed by atoms with Gasteiger partial charge in [0.15, 0.2) is 0 Å². The van der Waals surface area contributed by atoms with Crippen LogP contribution in [0.2, 0.25) is 0 Å². The van der Waals surface area contributed by atoms with Crippen LogP contribution in [0.15, 0.2) is 120 Å². The molecule has 55 heavy (non-hydrogen) atoms. The molecule has 5 aromatic heterocycles. The van der Waals surface area contributed by atoms with Crippen molar-refractivity contribution in [2.75, 3.05) is 0 Å². The van der Waals surface area contributed by atoms with Crippen LogP contribution in [0.25, 0.3) is 77.9 Å². The normalized spacial score (nSPS) is 11.0. The van der Waals surface area contributed by atoms with Crippen LogP contribution in [0.1, 0.15) is 39.1 Å². The van der Waals surface area contributed by atoms with Crippen molar-refractivity contribution in [3.63, 3.8) is 0 Å². The van der Waals surface area contributed by atoms with Crippen LogP contribution < -0.4 is 0 Å². The van der Waals surface area contributed by atoms with Crippen molar-refractivity contribution in [2.24, 2.45) is 0 Å². The maximum Gasteiger partial charge on any atom is 0.216 e. The molecule has 0 aliphatic rings. The Labute approximate surface area is 335 Å². The summed E-state index contributed by atoms with van der Waals surface area (Å²) >= 11 is 0. The van der Waals surface area contributed by atoms with E-state index in [9.17, 15) is 0 Å². The topological polar surface area (TPSA) is 64.7 Å². The molecule has 4 aromatic carbocycles. The van der Waals surface area contributed by atoms with Gasteiger partial charge in [-0.05, 0) is 116 Å². The molecule has 0 bridgehead atoms. The third kappa shape index (κ3) is 7.36. The summed E-state index contributed by atoms with van der Waals surface area (Å²) in [4.78, 5) is 18.9. The number of fused-ring (bicyclic) bond motifs is 4. The number of nitrogens with zero attached hydrogens (tertiary/aromatic N) is 4. The number of benzene rings is 4. The van der Waals surface area contributed by atoms with Crippen molar-refractivity contribution in [2.45, 2.75) is 48.5 Å². The molecule has 0 aliphatic heterocycles. The second-order valence-corrected chi connectivity index (χ2v) is 14.2. The van der Waals surface area contributed by atoms with Crippen molar-refractivity contribution in [3.8, 4) is 44.9 Å². The van der Waals surface area contributed by atoms with Gasteiger partial charge in [0.2, 0.25) is 5.71 Å². The predicted molar refractivity (Wildman–Crippen MR) is 221 cm³/mol. The molecule has 273 valence electrons. The summed E-state index contributed by atoms with van der Waals surface area (Å²) in [6, 6.07) is 42.1. The van der Waals surface area contributed by atoms with Gasteiger partial charge < -0.3 is 14.4 Å². The minimum atomic E-state index is 0. The molecule has 0 saturated heterocycles. The summed E-state index contributed by atoms with van der Waals surface area (Å²) < 4.78 is 6.27. The minimum absolute atomic E-state index is 0. The van der Waals surface area contributed by atoms with Gasteiger partial charge in [0.25, 0.3) is 0 Å². The molecule has 5 nitrogen and oxygen atoms in total. The van der Waals surface area contributed by atoms with E-state index in [0.717, 1.165) is 72.3 Å². The molecule has 9 rings (SSSR count). The number of hydrogen-bond donors (Lipinski definition) is 0. The Bertz CT molecular complexity index is 2780. The quantitative estimate of drug-likeness (QED) is 0.165. The molecular weight excluding hydrogens is 853 g/mol. The second kappa shape index (κ2) is 15.5. The molecular formula is C49H40IrN4O-2. The molecule has 6 heteroatoms. The van der Waals surface area contributed by atoms with Crippen LogP contribution in [0.5, 0.6) is 0 Å². The molecule has 0 fully saturated rings. The minimum Gasteiger partial charge on any atom is -0.486 e. The fourth-order valence-corrected chi connectivity index (χ4v) is 7.15. The van der Waals surface area contributed by atoms with Crippen molar-refractivity contribution in [3.05, 3.63) is 167 Å². The summed E-state index contributed by atoms with van der Waals surface area (Å²) in [5, 5.41) is 3.14. The van der Waals surface area contributed by atoms with Gasteiger partial charge in [-0.2, -0.15) is 0 Å². The third-order valence-corrected chi connectivity index (χ3v) is 10.0. The smallest absolute Gasteiger partial charge is 0.216 e. The molecule has 0 unspecified atom stereocenters. The molecule has 0 N–H and O–H groups in total. The summed E-state index contributed by atoms with van der Waals surface area (Å²) in [6.45, 7) is 14.6. The maximum absolute atomic E-state index is 6.27. The number of furan rings is 1. The zero-order chi connectivity index (χ0) is 37.5. The van der Waals surface area contributed by atoms with Crippen molar-refractivity contribution in [1.29, 1.82) is 0 Å². The summed E-state index contributed by atoms with van der Waals surface area (Å²) in [6.07, 6.45) is 3.82. The van der Waals surface area contributed by atoms with Gasteiger partial charge in [-0.25, -0.2) is 9.97 Å². The molecule has 0 atom stereocenters. The molecule has 1 radical (unpaired) electrons. The molecule has 0 amide bonds. The predicted octanol–water partition coefficient (Wildman–Crippen LogP) is 12.4. The Balaban J connectivity index is 0.000000262. The van der Waals surface area contributed by atoms with Gasteiger partial charge in [-0.15, -0.1) is 53.6 Å². The fourth-order valence-electron chi connectivity index (χ4n) is 7.15. The second-order valence-electron chi connectivity index (χ2n) is 14.2. The third-order valence-electron chi connectivity index (χ3n) is 10.0. The first kappa shape index (κ1) is 37.5. The van der Waals surface area contributed by atoms with Crippen LogP contribution in [0, 0.1) is 60.6 Å². The van der Waals surface area contributed by atoms with Crippen LogP contribution in [-0.2, 0) is 20.1 Å². The van der Waals surface area contributed by atoms with Crippen LogP contribution >= 0.6 is 0 Å². The van der Waals surface area contributed by atoms with E-state index in [1.165, 1.54) is 38.9 Å². The molecule has 9 aromatic rings. The summed E-state index contributed by atoms with van der Waals surface area (Å²) in [5.74, 6) is 0. The Morgan fingerprint density at radius 1 is 0.545 bits per heavy atom. The van der Waals surface area contributed by atoms with E-state index in [2.05, 4.69) is 123 Å². The number of pyridine rings is 4. The SMILES string of the molecule is Cc1c[c-]c(-c2ccc(C)cn2)cc1.Cc1ccc2c(n1)oc1c(-c3cc(-c4c(C)ccc5nc(-c6c(C)cccc6C)ccc45)c(C)cn3)[c-]ccc12.[Ir]. The van der Waals surface area contributed by atoms with Crippen molar-refractivity contribution < 1.29 is 24.5 Å². The van der Waals surface area contributed by atoms with Gasteiger partial charge in [-0.1, -0.05) is 66.4 Å². The van der Waals surface area contributed by atoms with Gasteiger partial charge >= 0.3 is 0 Å². The maximum atomic E-state index is 6.27. The van der Waals surface area contributed by atoms with Crippen LogP contribution in [-0.4, -0.2) is 19.9 Å². The average Bonchev–Trinajstić information content (AvgIpc) is 3.54. The van der Waals surface area contributed by atoms with Gasteiger partial charge in [0.05, 0.1) is 16.8 Å². The average molecular weight is 893 g/mol. The van der Waals surface area contributed by atoms with E-state index in [0.29, 0.717) is 5.71 Å². The number of hydrogen-bond acceptors (Lipinski definition) is 5. The Kier molecular flexibility index (Phi) is 10.6. The fraction of sp³-hybridized carbons (Fsp3) is 0.143.